The van der Waals surface area contributed by atoms with Crippen molar-refractivity contribution >= 4 is 0 Å². The van der Waals surface area contributed by atoms with Gasteiger partial charge in [0.25, 0.3) is 0 Å². The van der Waals surface area contributed by atoms with Gasteiger partial charge in [-0.3, -0.25) is 0 Å². The van der Waals surface area contributed by atoms with E-state index in [4.69, 9.17) is 28.4 Å². The molecule has 5 aromatic rings. The minimum absolute atomic E-state index is 0.295. The predicted octanol–water partition coefficient (Wildman–Crippen LogP) is 7.94. The van der Waals surface area contributed by atoms with Gasteiger partial charge in [-0.15, -0.1) is 0 Å². The van der Waals surface area contributed by atoms with E-state index in [1.165, 1.54) is 5.56 Å². The van der Waals surface area contributed by atoms with Crippen LogP contribution in [-0.4, -0.2) is 43.9 Å². The summed E-state index contributed by atoms with van der Waals surface area (Å²) in [6.07, 6.45) is -2.03. The molecule has 0 N–H and O–H groups in total. The standard InChI is InChI=1S/C42H44O6/c1-6-16-33(17-7-1)26-27-44-42-41(47-31-37-24-14-5-15-25-37)40(46-30-36-22-12-4-13-23-36)39(45-29-35-20-10-3-11-21-35)38(48-42)32-43-28-34-18-8-2-9-19-34/h1-25,38-42H,26-32H2/t38-,39-,40+,41-,42+/m1/s1. The summed E-state index contributed by atoms with van der Waals surface area (Å²) in [6, 6.07) is 50.9. The molecule has 0 aromatic heterocycles. The highest BCUT2D eigenvalue weighted by atomic mass is 16.7. The zero-order chi connectivity index (χ0) is 32.6. The molecule has 0 aliphatic carbocycles. The first kappa shape index (κ1) is 33.7. The molecule has 248 valence electrons. The fourth-order valence-electron chi connectivity index (χ4n) is 5.82. The molecule has 0 bridgehead atoms. The van der Waals surface area contributed by atoms with Crippen LogP contribution in [0.5, 0.6) is 0 Å². The molecule has 1 fully saturated rings. The molecule has 0 unspecified atom stereocenters. The van der Waals surface area contributed by atoms with Crippen LogP contribution in [0.4, 0.5) is 0 Å². The molecule has 1 aliphatic heterocycles. The highest BCUT2D eigenvalue weighted by Crippen LogP contribution is 2.32. The maximum atomic E-state index is 6.80. The number of hydrogen-bond acceptors (Lipinski definition) is 6. The molecule has 0 amide bonds. The van der Waals surface area contributed by atoms with Crippen LogP contribution in [0.25, 0.3) is 0 Å². The van der Waals surface area contributed by atoms with Crippen LogP contribution in [-0.2, 0) is 61.3 Å². The van der Waals surface area contributed by atoms with Crippen molar-refractivity contribution in [1.29, 1.82) is 0 Å². The molecule has 1 heterocycles. The van der Waals surface area contributed by atoms with Crippen molar-refractivity contribution in [1.82, 2.24) is 0 Å². The van der Waals surface area contributed by atoms with Gasteiger partial charge in [-0.05, 0) is 34.2 Å². The molecule has 0 saturated carbocycles. The van der Waals surface area contributed by atoms with E-state index in [1.54, 1.807) is 0 Å². The minimum Gasteiger partial charge on any atom is -0.374 e. The topological polar surface area (TPSA) is 55.4 Å². The van der Waals surface area contributed by atoms with Crippen molar-refractivity contribution in [2.75, 3.05) is 13.2 Å². The maximum absolute atomic E-state index is 6.80. The van der Waals surface area contributed by atoms with Gasteiger partial charge in [0.1, 0.15) is 24.4 Å². The van der Waals surface area contributed by atoms with Gasteiger partial charge in [-0.2, -0.15) is 0 Å². The smallest absolute Gasteiger partial charge is 0.186 e. The van der Waals surface area contributed by atoms with Crippen LogP contribution in [0.2, 0.25) is 0 Å². The molecule has 5 aromatic carbocycles. The molecule has 6 nitrogen and oxygen atoms in total. The normalized spacial score (nSPS) is 20.8. The third-order valence-corrected chi connectivity index (χ3v) is 8.36. The molecular formula is C42H44O6. The van der Waals surface area contributed by atoms with Gasteiger partial charge in [-0.25, -0.2) is 0 Å². The molecular weight excluding hydrogens is 600 g/mol. The Bertz CT molecular complexity index is 1470. The van der Waals surface area contributed by atoms with E-state index in [0.29, 0.717) is 39.6 Å². The van der Waals surface area contributed by atoms with Crippen molar-refractivity contribution in [2.45, 2.75) is 63.6 Å². The van der Waals surface area contributed by atoms with Crippen LogP contribution >= 0.6 is 0 Å². The fraction of sp³-hybridized carbons (Fsp3) is 0.286. The van der Waals surface area contributed by atoms with Crippen LogP contribution in [0.1, 0.15) is 27.8 Å². The zero-order valence-electron chi connectivity index (χ0n) is 27.2. The Labute approximate surface area is 284 Å². The molecule has 6 heteroatoms. The first-order chi connectivity index (χ1) is 23.8. The van der Waals surface area contributed by atoms with E-state index in [2.05, 4.69) is 60.7 Å². The van der Waals surface area contributed by atoms with Crippen molar-refractivity contribution in [3.63, 3.8) is 0 Å². The van der Waals surface area contributed by atoms with Gasteiger partial charge in [0, 0.05) is 0 Å². The van der Waals surface area contributed by atoms with Gasteiger partial charge < -0.3 is 28.4 Å². The van der Waals surface area contributed by atoms with Crippen molar-refractivity contribution < 1.29 is 28.4 Å². The van der Waals surface area contributed by atoms with E-state index >= 15 is 0 Å². The van der Waals surface area contributed by atoms with E-state index in [9.17, 15) is 0 Å². The second kappa shape index (κ2) is 18.4. The molecule has 6 rings (SSSR count). The zero-order valence-corrected chi connectivity index (χ0v) is 27.2. The Hall–Kier alpha value is -4.14. The number of ether oxygens (including phenoxy) is 6. The number of hydrogen-bond donors (Lipinski definition) is 0. The third kappa shape index (κ3) is 10.2. The lowest BCUT2D eigenvalue weighted by molar-refractivity contribution is -0.328. The summed E-state index contributed by atoms with van der Waals surface area (Å²) < 4.78 is 39.8. The molecule has 1 saturated heterocycles. The average molecular weight is 645 g/mol. The lowest BCUT2D eigenvalue weighted by Crippen LogP contribution is -2.61. The number of rotatable bonds is 17. The largest absolute Gasteiger partial charge is 0.374 e. The van der Waals surface area contributed by atoms with Crippen molar-refractivity contribution in [2.24, 2.45) is 0 Å². The summed E-state index contributed by atoms with van der Waals surface area (Å²) in [7, 11) is 0. The molecule has 0 spiro atoms. The Morgan fingerprint density at radius 3 is 1.27 bits per heavy atom. The first-order valence-corrected chi connectivity index (χ1v) is 16.7. The summed E-state index contributed by atoms with van der Waals surface area (Å²) in [6.45, 7) is 2.35. The van der Waals surface area contributed by atoms with Gasteiger partial charge in [0.15, 0.2) is 6.29 Å². The van der Waals surface area contributed by atoms with E-state index in [1.807, 2.05) is 91.0 Å². The van der Waals surface area contributed by atoms with Gasteiger partial charge in [-0.1, -0.05) is 152 Å². The second-order valence-electron chi connectivity index (χ2n) is 11.9. The van der Waals surface area contributed by atoms with Crippen LogP contribution in [0.15, 0.2) is 152 Å². The lowest BCUT2D eigenvalue weighted by atomic mass is 9.97. The Kier molecular flexibility index (Phi) is 12.9. The Balaban J connectivity index is 1.27. The van der Waals surface area contributed by atoms with E-state index < -0.39 is 30.7 Å². The monoisotopic (exact) mass is 644 g/mol. The summed E-state index contributed by atoms with van der Waals surface area (Å²) in [4.78, 5) is 0. The fourth-order valence-corrected chi connectivity index (χ4v) is 5.82. The van der Waals surface area contributed by atoms with E-state index in [0.717, 1.165) is 28.7 Å². The molecule has 5 atom stereocenters. The third-order valence-electron chi connectivity index (χ3n) is 8.36. The minimum atomic E-state index is -0.708. The maximum Gasteiger partial charge on any atom is 0.186 e. The summed E-state index contributed by atoms with van der Waals surface area (Å²) >= 11 is 0. The van der Waals surface area contributed by atoms with Crippen molar-refractivity contribution in [3.8, 4) is 0 Å². The van der Waals surface area contributed by atoms with Gasteiger partial charge in [0.2, 0.25) is 0 Å². The van der Waals surface area contributed by atoms with Crippen LogP contribution in [0.3, 0.4) is 0 Å². The van der Waals surface area contributed by atoms with Gasteiger partial charge in [0.05, 0.1) is 39.6 Å². The predicted molar refractivity (Wildman–Crippen MR) is 186 cm³/mol. The van der Waals surface area contributed by atoms with Gasteiger partial charge >= 0.3 is 0 Å². The van der Waals surface area contributed by atoms with Crippen LogP contribution < -0.4 is 0 Å². The summed E-state index contributed by atoms with van der Waals surface area (Å²) in [5, 5.41) is 0. The lowest BCUT2D eigenvalue weighted by Gasteiger charge is -2.46. The summed E-state index contributed by atoms with van der Waals surface area (Å²) in [5.74, 6) is 0. The van der Waals surface area contributed by atoms with E-state index in [-0.39, 0.29) is 0 Å². The molecule has 1 aliphatic rings. The highest BCUT2D eigenvalue weighted by Gasteiger charge is 2.49. The highest BCUT2D eigenvalue weighted by molar-refractivity contribution is 5.17. The Morgan fingerprint density at radius 1 is 0.396 bits per heavy atom. The summed E-state index contributed by atoms with van der Waals surface area (Å²) in [5.41, 5.74) is 5.46. The molecule has 0 radical (unpaired) electrons. The first-order valence-electron chi connectivity index (χ1n) is 16.7. The molecule has 48 heavy (non-hydrogen) atoms. The SMILES string of the molecule is c1ccc(CCO[C@H]2O[C@H](COCc3ccccc3)[C@@H](OCc3ccccc3)[C@H](OCc3ccccc3)[C@H]2OCc2ccccc2)cc1. The van der Waals surface area contributed by atoms with Crippen LogP contribution in [0, 0.1) is 0 Å². The number of benzene rings is 5. The Morgan fingerprint density at radius 2 is 0.792 bits per heavy atom. The quantitative estimate of drug-likeness (QED) is 0.102. The second-order valence-corrected chi connectivity index (χ2v) is 11.9. The average Bonchev–Trinajstić information content (AvgIpc) is 3.15. The van der Waals surface area contributed by atoms with Crippen molar-refractivity contribution in [3.05, 3.63) is 179 Å².